The fourth-order valence-corrected chi connectivity index (χ4v) is 3.68. The monoisotopic (exact) mass is 299 g/mol. The highest BCUT2D eigenvalue weighted by Gasteiger charge is 2.56. The van der Waals surface area contributed by atoms with Crippen molar-refractivity contribution in [2.45, 2.75) is 18.8 Å². The molecule has 0 aliphatic heterocycles. The van der Waals surface area contributed by atoms with E-state index in [9.17, 15) is 4.79 Å². The van der Waals surface area contributed by atoms with Crippen LogP contribution in [0.3, 0.4) is 0 Å². The normalized spacial score (nSPS) is 25.7. The Morgan fingerprint density at radius 3 is 3.00 bits per heavy atom. The molecular weight excluding hydrogens is 286 g/mol. The van der Waals surface area contributed by atoms with E-state index in [1.54, 1.807) is 0 Å². The molecule has 1 fully saturated rings. The van der Waals surface area contributed by atoms with E-state index in [4.69, 9.17) is 11.6 Å². The number of aromatic nitrogens is 2. The molecule has 4 nitrogen and oxygen atoms in total. The number of anilines is 1. The Hall–Kier alpha value is -1.94. The van der Waals surface area contributed by atoms with Crippen LogP contribution in [0.1, 0.15) is 23.5 Å². The van der Waals surface area contributed by atoms with Crippen molar-refractivity contribution in [2.75, 3.05) is 5.32 Å². The number of halogens is 1. The van der Waals surface area contributed by atoms with Gasteiger partial charge in [-0.1, -0.05) is 35.9 Å². The van der Waals surface area contributed by atoms with Crippen LogP contribution in [0.2, 0.25) is 5.15 Å². The lowest BCUT2D eigenvalue weighted by molar-refractivity contribution is -0.117. The van der Waals surface area contributed by atoms with E-state index in [1.807, 2.05) is 0 Å². The number of carbonyl (C=O) groups is 1. The molecule has 0 bridgehead atoms. The molecule has 4 rings (SSSR count). The van der Waals surface area contributed by atoms with E-state index >= 15 is 0 Å². The van der Waals surface area contributed by atoms with Gasteiger partial charge in [-0.05, 0) is 35.8 Å². The summed E-state index contributed by atoms with van der Waals surface area (Å²) in [6, 6.07) is 8.44. The zero-order chi connectivity index (χ0) is 14.4. The highest BCUT2D eigenvalue weighted by molar-refractivity contribution is 6.29. The maximum atomic E-state index is 12.4. The van der Waals surface area contributed by atoms with Gasteiger partial charge in [0.1, 0.15) is 5.15 Å². The maximum Gasteiger partial charge on any atom is 0.229 e. The molecule has 1 amide bonds. The highest BCUT2D eigenvalue weighted by Crippen LogP contribution is 2.60. The summed E-state index contributed by atoms with van der Waals surface area (Å²) >= 11 is 5.79. The zero-order valence-corrected chi connectivity index (χ0v) is 12.0. The first-order valence-corrected chi connectivity index (χ1v) is 7.48. The lowest BCUT2D eigenvalue weighted by atomic mass is 9.92. The van der Waals surface area contributed by atoms with Gasteiger partial charge in [0.05, 0.1) is 12.4 Å². The highest BCUT2D eigenvalue weighted by atomic mass is 35.5. The summed E-state index contributed by atoms with van der Waals surface area (Å²) in [7, 11) is 0. The van der Waals surface area contributed by atoms with Gasteiger partial charge < -0.3 is 5.32 Å². The van der Waals surface area contributed by atoms with Crippen LogP contribution >= 0.6 is 11.6 Å². The molecule has 2 aromatic rings. The molecule has 3 unspecified atom stereocenters. The number of amides is 1. The van der Waals surface area contributed by atoms with E-state index in [0.29, 0.717) is 17.7 Å². The molecule has 2 aliphatic rings. The number of carbonyl (C=O) groups excluding carboxylic acids is 1. The SMILES string of the molecule is O=C(Nc1cncc(Cl)n1)C1C2CCc3ccccc3C21. The number of hydrogen-bond acceptors (Lipinski definition) is 3. The predicted octanol–water partition coefficient (Wildman–Crippen LogP) is 3.04. The fourth-order valence-electron chi connectivity index (χ4n) is 3.54. The first-order valence-electron chi connectivity index (χ1n) is 7.10. The van der Waals surface area contributed by atoms with Crippen LogP contribution in [-0.2, 0) is 11.2 Å². The van der Waals surface area contributed by atoms with Crippen molar-refractivity contribution in [3.63, 3.8) is 0 Å². The largest absolute Gasteiger partial charge is 0.309 e. The molecule has 1 heterocycles. The molecule has 0 radical (unpaired) electrons. The molecule has 1 N–H and O–H groups in total. The Bertz CT molecular complexity index is 718. The summed E-state index contributed by atoms with van der Waals surface area (Å²) in [6.07, 6.45) is 5.12. The standard InChI is InChI=1S/C16H14ClN3O/c17-12-7-18-8-13(19-12)20-16(21)15-11-6-5-9-3-1-2-4-10(9)14(11)15/h1-4,7-8,11,14-15H,5-6H2,(H,19,20,21). The Balaban J connectivity index is 1.53. The van der Waals surface area contributed by atoms with Gasteiger partial charge in [-0.3, -0.25) is 9.78 Å². The van der Waals surface area contributed by atoms with Gasteiger partial charge in [-0.2, -0.15) is 0 Å². The summed E-state index contributed by atoms with van der Waals surface area (Å²) in [5, 5.41) is 3.12. The van der Waals surface area contributed by atoms with Crippen molar-refractivity contribution >= 4 is 23.3 Å². The summed E-state index contributed by atoms with van der Waals surface area (Å²) < 4.78 is 0. The van der Waals surface area contributed by atoms with E-state index in [1.165, 1.54) is 23.5 Å². The molecule has 0 saturated heterocycles. The van der Waals surface area contributed by atoms with E-state index < -0.39 is 0 Å². The molecule has 3 atom stereocenters. The van der Waals surface area contributed by atoms with E-state index in [0.717, 1.165) is 12.8 Å². The predicted molar refractivity (Wildman–Crippen MR) is 80.2 cm³/mol. The molecule has 0 spiro atoms. The fraction of sp³-hybridized carbons (Fsp3) is 0.312. The number of benzene rings is 1. The Labute approximate surface area is 127 Å². The van der Waals surface area contributed by atoms with E-state index in [-0.39, 0.29) is 17.0 Å². The maximum absolute atomic E-state index is 12.4. The van der Waals surface area contributed by atoms with Gasteiger partial charge in [0.25, 0.3) is 0 Å². The van der Waals surface area contributed by atoms with Crippen LogP contribution in [0.5, 0.6) is 0 Å². The second kappa shape index (κ2) is 4.81. The lowest BCUT2D eigenvalue weighted by Crippen LogP contribution is -2.16. The van der Waals surface area contributed by atoms with Gasteiger partial charge in [-0.25, -0.2) is 4.98 Å². The number of aryl methyl sites for hydroxylation is 1. The second-order valence-corrected chi connectivity index (χ2v) is 6.06. The number of hydrogen-bond donors (Lipinski definition) is 1. The molecule has 1 aromatic carbocycles. The lowest BCUT2D eigenvalue weighted by Gasteiger charge is -2.13. The third-order valence-electron chi connectivity index (χ3n) is 4.49. The molecule has 1 saturated carbocycles. The van der Waals surface area contributed by atoms with Crippen molar-refractivity contribution in [1.29, 1.82) is 0 Å². The third-order valence-corrected chi connectivity index (χ3v) is 4.67. The third kappa shape index (κ3) is 2.20. The molecule has 2 aliphatic carbocycles. The first kappa shape index (κ1) is 12.8. The Morgan fingerprint density at radius 2 is 2.14 bits per heavy atom. The summed E-state index contributed by atoms with van der Waals surface area (Å²) in [6.45, 7) is 0. The minimum atomic E-state index is 0.0262. The summed E-state index contributed by atoms with van der Waals surface area (Å²) in [5.41, 5.74) is 2.72. The molecular formula is C16H14ClN3O. The smallest absolute Gasteiger partial charge is 0.229 e. The minimum Gasteiger partial charge on any atom is -0.309 e. The Kier molecular flexibility index (Phi) is 2.93. The number of nitrogens with one attached hydrogen (secondary N) is 1. The van der Waals surface area contributed by atoms with Crippen LogP contribution in [0.4, 0.5) is 5.82 Å². The number of fused-ring (bicyclic) bond motifs is 3. The van der Waals surface area contributed by atoms with Crippen LogP contribution in [0, 0.1) is 11.8 Å². The van der Waals surface area contributed by atoms with Crippen molar-refractivity contribution in [2.24, 2.45) is 11.8 Å². The van der Waals surface area contributed by atoms with Gasteiger partial charge in [0.2, 0.25) is 5.91 Å². The second-order valence-electron chi connectivity index (χ2n) is 5.67. The summed E-state index contributed by atoms with van der Waals surface area (Å²) in [4.78, 5) is 20.4. The van der Waals surface area contributed by atoms with Crippen molar-refractivity contribution in [3.8, 4) is 0 Å². The number of rotatable bonds is 2. The van der Waals surface area contributed by atoms with Gasteiger partial charge in [0, 0.05) is 5.92 Å². The quantitative estimate of drug-likeness (QED) is 0.927. The molecule has 21 heavy (non-hydrogen) atoms. The van der Waals surface area contributed by atoms with Gasteiger partial charge in [0.15, 0.2) is 5.82 Å². The van der Waals surface area contributed by atoms with Crippen molar-refractivity contribution in [1.82, 2.24) is 9.97 Å². The first-order chi connectivity index (χ1) is 10.2. The van der Waals surface area contributed by atoms with Crippen molar-refractivity contribution in [3.05, 3.63) is 52.9 Å². The Morgan fingerprint density at radius 1 is 1.29 bits per heavy atom. The summed E-state index contributed by atoms with van der Waals surface area (Å²) in [5.74, 6) is 1.33. The minimum absolute atomic E-state index is 0.0262. The molecule has 106 valence electrons. The molecule has 5 heteroatoms. The van der Waals surface area contributed by atoms with Crippen LogP contribution in [0.15, 0.2) is 36.7 Å². The van der Waals surface area contributed by atoms with E-state index in [2.05, 4.69) is 39.6 Å². The van der Waals surface area contributed by atoms with Crippen molar-refractivity contribution < 1.29 is 4.79 Å². The average Bonchev–Trinajstić information content (AvgIpc) is 3.22. The van der Waals surface area contributed by atoms with Gasteiger partial charge >= 0.3 is 0 Å². The van der Waals surface area contributed by atoms with Gasteiger partial charge in [-0.15, -0.1) is 0 Å². The topological polar surface area (TPSA) is 54.9 Å². The number of nitrogens with zero attached hydrogens (tertiary/aromatic N) is 2. The average molecular weight is 300 g/mol. The van der Waals surface area contributed by atoms with Crippen LogP contribution < -0.4 is 5.32 Å². The van der Waals surface area contributed by atoms with Crippen LogP contribution in [-0.4, -0.2) is 15.9 Å². The molecule has 1 aromatic heterocycles. The van der Waals surface area contributed by atoms with Crippen LogP contribution in [0.25, 0.3) is 0 Å². The zero-order valence-electron chi connectivity index (χ0n) is 11.3.